The molecule has 0 aromatic rings. The van der Waals surface area contributed by atoms with Gasteiger partial charge in [0.25, 0.3) is 0 Å². The van der Waals surface area contributed by atoms with Crippen LogP contribution in [0.25, 0.3) is 0 Å². The van der Waals surface area contributed by atoms with Crippen molar-refractivity contribution in [3.05, 3.63) is 12.2 Å². The van der Waals surface area contributed by atoms with Crippen molar-refractivity contribution < 1.29 is 0 Å². The summed E-state index contributed by atoms with van der Waals surface area (Å²) in [5.74, 6) is -0.0463. The number of nitrogens with one attached hydrogen (secondary N) is 1. The van der Waals surface area contributed by atoms with Gasteiger partial charge in [0.2, 0.25) is 0 Å². The Labute approximate surface area is 61.5 Å². The first-order chi connectivity index (χ1) is 2.64. The van der Waals surface area contributed by atoms with Crippen molar-refractivity contribution in [1.29, 1.82) is 5.41 Å². The molecule has 0 aromatic heterocycles. The summed E-state index contributed by atoms with van der Waals surface area (Å²) in [5, 5.41) is 6.56. The molecular formula is C4H9Cl2N2. The second-order valence-electron chi connectivity index (χ2n) is 1.10. The Morgan fingerprint density at radius 2 is 1.62 bits per heavy atom. The first-order valence-corrected chi connectivity index (χ1v) is 1.58. The quantitative estimate of drug-likeness (QED) is 0.434. The minimum Gasteiger partial charge on any atom is -0.384 e. The molecule has 4 heteroatoms. The first kappa shape index (κ1) is 15.7. The average molecular weight is 156 g/mol. The summed E-state index contributed by atoms with van der Waals surface area (Å²) in [7, 11) is 0. The van der Waals surface area contributed by atoms with Gasteiger partial charge in [-0.2, -0.15) is 0 Å². The highest BCUT2D eigenvalue weighted by Gasteiger charge is 1.81. The van der Waals surface area contributed by atoms with Crippen molar-refractivity contribution in [2.24, 2.45) is 5.73 Å². The lowest BCUT2D eigenvalue weighted by molar-refractivity contribution is 1.40. The number of halogens is 2. The van der Waals surface area contributed by atoms with Crippen LogP contribution in [0, 0.1) is 12.0 Å². The topological polar surface area (TPSA) is 49.9 Å². The van der Waals surface area contributed by atoms with E-state index in [1.807, 2.05) is 0 Å². The first-order valence-electron chi connectivity index (χ1n) is 1.58. The summed E-state index contributed by atoms with van der Waals surface area (Å²) in [6.07, 6.45) is 0. The SMILES string of the molecule is Cl.Cl.[CH]=C(C)C(=N)N. The molecule has 0 spiro atoms. The van der Waals surface area contributed by atoms with E-state index in [9.17, 15) is 0 Å². The molecule has 0 aromatic carbocycles. The van der Waals surface area contributed by atoms with Crippen molar-refractivity contribution in [2.75, 3.05) is 0 Å². The Bertz CT molecular complexity index is 78.0. The van der Waals surface area contributed by atoms with E-state index >= 15 is 0 Å². The van der Waals surface area contributed by atoms with Crippen LogP contribution in [0.2, 0.25) is 0 Å². The zero-order chi connectivity index (χ0) is 5.15. The smallest absolute Gasteiger partial charge is 0.118 e. The highest BCUT2D eigenvalue weighted by molar-refractivity contribution is 5.92. The van der Waals surface area contributed by atoms with E-state index in [2.05, 4.69) is 0 Å². The van der Waals surface area contributed by atoms with Gasteiger partial charge >= 0.3 is 0 Å². The van der Waals surface area contributed by atoms with Gasteiger partial charge in [0, 0.05) is 0 Å². The molecule has 0 saturated heterocycles. The van der Waals surface area contributed by atoms with E-state index < -0.39 is 0 Å². The molecular weight excluding hydrogens is 147 g/mol. The van der Waals surface area contributed by atoms with Crippen LogP contribution < -0.4 is 5.73 Å². The molecule has 49 valence electrons. The molecule has 0 aliphatic carbocycles. The number of amidine groups is 1. The maximum absolute atomic E-state index is 6.56. The Hall–Kier alpha value is -0.210. The number of hydrogen-bond acceptors (Lipinski definition) is 1. The minimum atomic E-state index is -0.0463. The molecule has 0 fully saturated rings. The van der Waals surface area contributed by atoms with Gasteiger partial charge < -0.3 is 5.73 Å². The molecule has 0 rings (SSSR count). The molecule has 0 bridgehead atoms. The van der Waals surface area contributed by atoms with E-state index in [0.29, 0.717) is 5.57 Å². The van der Waals surface area contributed by atoms with Crippen LogP contribution in [0.3, 0.4) is 0 Å². The van der Waals surface area contributed by atoms with E-state index in [4.69, 9.17) is 17.7 Å². The van der Waals surface area contributed by atoms with Gasteiger partial charge in [0.15, 0.2) is 0 Å². The third-order valence-electron chi connectivity index (χ3n) is 0.425. The van der Waals surface area contributed by atoms with Crippen molar-refractivity contribution in [3.63, 3.8) is 0 Å². The Kier molecular flexibility index (Phi) is 13.3. The predicted octanol–water partition coefficient (Wildman–Crippen LogP) is 1.15. The Morgan fingerprint density at radius 3 is 1.62 bits per heavy atom. The van der Waals surface area contributed by atoms with Crippen LogP contribution in [-0.2, 0) is 0 Å². The average Bonchev–Trinajstić information content (AvgIpc) is 1.36. The van der Waals surface area contributed by atoms with Gasteiger partial charge in [-0.25, -0.2) is 0 Å². The van der Waals surface area contributed by atoms with E-state index in [1.54, 1.807) is 6.92 Å². The normalized spacial score (nSPS) is 5.62. The summed E-state index contributed by atoms with van der Waals surface area (Å²) in [6.45, 7) is 6.59. The van der Waals surface area contributed by atoms with Crippen molar-refractivity contribution in [2.45, 2.75) is 6.92 Å². The van der Waals surface area contributed by atoms with Crippen LogP contribution in [0.5, 0.6) is 0 Å². The maximum Gasteiger partial charge on any atom is 0.118 e. The van der Waals surface area contributed by atoms with Gasteiger partial charge in [-0.3, -0.25) is 5.41 Å². The van der Waals surface area contributed by atoms with Gasteiger partial charge in [-0.05, 0) is 12.5 Å². The second kappa shape index (κ2) is 6.79. The summed E-state index contributed by atoms with van der Waals surface area (Å²) in [5.41, 5.74) is 5.23. The monoisotopic (exact) mass is 155 g/mol. The lowest BCUT2D eigenvalue weighted by Gasteiger charge is -1.86. The van der Waals surface area contributed by atoms with E-state index in [-0.39, 0.29) is 30.6 Å². The Balaban J connectivity index is -0.000000125. The van der Waals surface area contributed by atoms with Crippen molar-refractivity contribution >= 4 is 30.6 Å². The molecule has 0 saturated carbocycles. The van der Waals surface area contributed by atoms with E-state index in [0.717, 1.165) is 0 Å². The molecule has 0 unspecified atom stereocenters. The number of nitrogens with two attached hydrogens (primary N) is 1. The summed E-state index contributed by atoms with van der Waals surface area (Å²) in [6, 6.07) is 0. The second-order valence-corrected chi connectivity index (χ2v) is 1.10. The highest BCUT2D eigenvalue weighted by atomic mass is 35.5. The fraction of sp³-hybridized carbons (Fsp3) is 0.250. The lowest BCUT2D eigenvalue weighted by atomic mass is 10.3. The maximum atomic E-state index is 6.56. The standard InChI is InChI=1S/C4H7N2.2ClH/c1-3(2)4(5)6;;/h1H,2H3,(H3,5,6);2*1H. The van der Waals surface area contributed by atoms with Gasteiger partial charge in [0.05, 0.1) is 0 Å². The molecule has 0 aliphatic heterocycles. The van der Waals surface area contributed by atoms with Crippen LogP contribution in [0.1, 0.15) is 6.92 Å². The molecule has 8 heavy (non-hydrogen) atoms. The van der Waals surface area contributed by atoms with Crippen LogP contribution in [-0.4, -0.2) is 5.84 Å². The fourth-order valence-electron chi connectivity index (χ4n) is 0. The molecule has 0 atom stereocenters. The molecule has 0 aliphatic rings. The molecule has 1 radical (unpaired) electrons. The van der Waals surface area contributed by atoms with Crippen LogP contribution in [0.4, 0.5) is 0 Å². The van der Waals surface area contributed by atoms with Gasteiger partial charge in [-0.15, -0.1) is 24.8 Å². The zero-order valence-electron chi connectivity index (χ0n) is 4.47. The third-order valence-corrected chi connectivity index (χ3v) is 0.425. The largest absolute Gasteiger partial charge is 0.384 e. The van der Waals surface area contributed by atoms with Crippen LogP contribution >= 0.6 is 24.8 Å². The Morgan fingerprint density at radius 1 is 1.50 bits per heavy atom. The molecule has 0 heterocycles. The fourth-order valence-corrected chi connectivity index (χ4v) is 0. The molecule has 3 N–H and O–H groups in total. The number of hydrogen-bond donors (Lipinski definition) is 2. The van der Waals surface area contributed by atoms with Crippen molar-refractivity contribution in [3.8, 4) is 0 Å². The summed E-state index contributed by atoms with van der Waals surface area (Å²) < 4.78 is 0. The lowest BCUT2D eigenvalue weighted by Crippen LogP contribution is -2.09. The zero-order valence-corrected chi connectivity index (χ0v) is 6.10. The predicted molar refractivity (Wildman–Crippen MR) is 39.9 cm³/mol. The molecule has 2 nitrogen and oxygen atoms in total. The number of rotatable bonds is 1. The van der Waals surface area contributed by atoms with E-state index in [1.165, 1.54) is 0 Å². The highest BCUT2D eigenvalue weighted by Crippen LogP contribution is 1.78. The van der Waals surface area contributed by atoms with Gasteiger partial charge in [0.1, 0.15) is 5.84 Å². The van der Waals surface area contributed by atoms with Gasteiger partial charge in [-0.1, -0.05) is 6.58 Å². The third kappa shape index (κ3) is 9.25. The minimum absolute atomic E-state index is 0. The van der Waals surface area contributed by atoms with Crippen LogP contribution in [0.15, 0.2) is 5.57 Å². The summed E-state index contributed by atoms with van der Waals surface area (Å²) in [4.78, 5) is 0. The summed E-state index contributed by atoms with van der Waals surface area (Å²) >= 11 is 0. The molecule has 0 amide bonds. The van der Waals surface area contributed by atoms with Crippen molar-refractivity contribution in [1.82, 2.24) is 0 Å².